The van der Waals surface area contributed by atoms with E-state index in [9.17, 15) is 24.2 Å². The standard InChI is InChI=1S/C14H20NO6P/c1-9-3-2-4-10(7-9)15-8-12(22(20)21)11(14(18)19)5-6-13(16)17/h2-4,7,11-12,15,22H,5-6,8H2,1H3,(H,16,17)(H,18,19)(H,20,21). The van der Waals surface area contributed by atoms with Crippen molar-refractivity contribution >= 4 is 25.7 Å². The molecule has 0 amide bonds. The number of hydrogen-bond donors (Lipinski definition) is 4. The van der Waals surface area contributed by atoms with E-state index in [4.69, 9.17) is 5.11 Å². The topological polar surface area (TPSA) is 124 Å². The van der Waals surface area contributed by atoms with Gasteiger partial charge in [0.15, 0.2) is 8.03 Å². The van der Waals surface area contributed by atoms with Gasteiger partial charge in [-0.15, -0.1) is 0 Å². The molecular formula is C14H20NO6P. The molecule has 3 atom stereocenters. The van der Waals surface area contributed by atoms with Crippen LogP contribution in [0.5, 0.6) is 0 Å². The Kier molecular flexibility index (Phi) is 7.08. The number of hydrogen-bond acceptors (Lipinski definition) is 4. The average Bonchev–Trinajstić information content (AvgIpc) is 2.41. The summed E-state index contributed by atoms with van der Waals surface area (Å²) in [6.07, 6.45) is -0.533. The summed E-state index contributed by atoms with van der Waals surface area (Å²) < 4.78 is 11.5. The maximum absolute atomic E-state index is 11.5. The SMILES string of the molecule is Cc1cccc(NCC(C(CCC(=O)O)C(=O)O)[PH](=O)O)c1. The van der Waals surface area contributed by atoms with Gasteiger partial charge in [-0.25, -0.2) is 0 Å². The van der Waals surface area contributed by atoms with Gasteiger partial charge in [-0.2, -0.15) is 0 Å². The van der Waals surface area contributed by atoms with E-state index in [0.29, 0.717) is 0 Å². The monoisotopic (exact) mass is 329 g/mol. The first kappa shape index (κ1) is 18.2. The molecule has 8 heteroatoms. The Morgan fingerprint density at radius 1 is 1.32 bits per heavy atom. The average molecular weight is 329 g/mol. The lowest BCUT2D eigenvalue weighted by Crippen LogP contribution is -2.32. The summed E-state index contributed by atoms with van der Waals surface area (Å²) in [4.78, 5) is 31.3. The Balaban J connectivity index is 2.79. The second-order valence-corrected chi connectivity index (χ2v) is 6.49. The van der Waals surface area contributed by atoms with E-state index in [1.165, 1.54) is 0 Å². The lowest BCUT2D eigenvalue weighted by Gasteiger charge is -2.22. The van der Waals surface area contributed by atoms with E-state index < -0.39 is 31.5 Å². The minimum Gasteiger partial charge on any atom is -0.481 e. The van der Waals surface area contributed by atoms with Gasteiger partial charge in [0, 0.05) is 18.7 Å². The molecule has 0 radical (unpaired) electrons. The zero-order chi connectivity index (χ0) is 16.7. The van der Waals surface area contributed by atoms with E-state index in [2.05, 4.69) is 5.32 Å². The number of carbonyl (C=O) groups is 2. The largest absolute Gasteiger partial charge is 0.481 e. The number of aryl methyl sites for hydroxylation is 1. The van der Waals surface area contributed by atoms with Crippen LogP contribution in [0.2, 0.25) is 0 Å². The molecule has 0 aliphatic rings. The third kappa shape index (κ3) is 5.87. The first-order valence-corrected chi connectivity index (χ1v) is 8.22. The fourth-order valence-electron chi connectivity index (χ4n) is 2.16. The van der Waals surface area contributed by atoms with Gasteiger partial charge in [-0.3, -0.25) is 14.2 Å². The van der Waals surface area contributed by atoms with Crippen LogP contribution < -0.4 is 5.32 Å². The van der Waals surface area contributed by atoms with Crippen LogP contribution in [0.4, 0.5) is 5.69 Å². The Labute approximate surface area is 128 Å². The molecule has 0 aliphatic heterocycles. The molecule has 0 aromatic heterocycles. The first-order chi connectivity index (χ1) is 10.3. The van der Waals surface area contributed by atoms with Crippen molar-refractivity contribution in [1.82, 2.24) is 0 Å². The van der Waals surface area contributed by atoms with Gasteiger partial charge >= 0.3 is 11.9 Å². The van der Waals surface area contributed by atoms with Crippen molar-refractivity contribution in [2.24, 2.45) is 5.92 Å². The maximum Gasteiger partial charge on any atom is 0.307 e. The molecule has 1 aromatic carbocycles. The Morgan fingerprint density at radius 2 is 2.00 bits per heavy atom. The quantitative estimate of drug-likeness (QED) is 0.509. The van der Waals surface area contributed by atoms with E-state index in [1.54, 1.807) is 6.07 Å². The van der Waals surface area contributed by atoms with Gasteiger partial charge < -0.3 is 20.4 Å². The molecule has 122 valence electrons. The number of carboxylic acids is 2. The predicted octanol–water partition coefficient (Wildman–Crippen LogP) is 1.81. The Hall–Kier alpha value is -1.85. The van der Waals surface area contributed by atoms with Gasteiger partial charge in [0.05, 0.1) is 11.6 Å². The van der Waals surface area contributed by atoms with Crippen LogP contribution in [-0.2, 0) is 14.2 Å². The summed E-state index contributed by atoms with van der Waals surface area (Å²) in [6.45, 7) is 1.89. The molecule has 1 rings (SSSR count). The Morgan fingerprint density at radius 3 is 2.50 bits per heavy atom. The number of carboxylic acid groups (broad SMARTS) is 2. The fraction of sp³-hybridized carbons (Fsp3) is 0.429. The van der Waals surface area contributed by atoms with Crippen LogP contribution in [0.25, 0.3) is 0 Å². The lowest BCUT2D eigenvalue weighted by molar-refractivity contribution is -0.142. The van der Waals surface area contributed by atoms with E-state index in [1.807, 2.05) is 25.1 Å². The minimum absolute atomic E-state index is 0.00562. The maximum atomic E-state index is 11.5. The van der Waals surface area contributed by atoms with Gasteiger partial charge in [0.25, 0.3) is 0 Å². The summed E-state index contributed by atoms with van der Waals surface area (Å²) in [7, 11) is -3.13. The van der Waals surface area contributed by atoms with Crippen LogP contribution in [0.1, 0.15) is 18.4 Å². The highest BCUT2D eigenvalue weighted by atomic mass is 31.1. The smallest absolute Gasteiger partial charge is 0.307 e. The van der Waals surface area contributed by atoms with Crippen LogP contribution in [0.3, 0.4) is 0 Å². The summed E-state index contributed by atoms with van der Waals surface area (Å²) in [6, 6.07) is 7.31. The normalized spacial score (nSPS) is 14.8. The van der Waals surface area contributed by atoms with Crippen molar-refractivity contribution in [3.8, 4) is 0 Å². The molecule has 0 heterocycles. The number of rotatable bonds is 9. The predicted molar refractivity (Wildman–Crippen MR) is 82.7 cm³/mol. The van der Waals surface area contributed by atoms with E-state index in [0.717, 1.165) is 11.3 Å². The molecule has 1 aromatic rings. The summed E-state index contributed by atoms with van der Waals surface area (Å²) in [5.41, 5.74) is 0.692. The van der Waals surface area contributed by atoms with Crippen LogP contribution in [0, 0.1) is 12.8 Å². The molecule has 4 N–H and O–H groups in total. The van der Waals surface area contributed by atoms with Crippen molar-refractivity contribution in [3.63, 3.8) is 0 Å². The van der Waals surface area contributed by atoms with E-state index in [-0.39, 0.29) is 19.4 Å². The molecule has 0 spiro atoms. The van der Waals surface area contributed by atoms with Crippen molar-refractivity contribution in [2.75, 3.05) is 11.9 Å². The van der Waals surface area contributed by atoms with Crippen molar-refractivity contribution < 1.29 is 29.3 Å². The molecule has 0 fully saturated rings. The van der Waals surface area contributed by atoms with Gasteiger partial charge in [0.2, 0.25) is 0 Å². The van der Waals surface area contributed by atoms with Crippen LogP contribution in [0.15, 0.2) is 24.3 Å². The minimum atomic E-state index is -3.13. The number of aliphatic carboxylic acids is 2. The second-order valence-electron chi connectivity index (χ2n) is 5.07. The van der Waals surface area contributed by atoms with E-state index >= 15 is 0 Å². The van der Waals surface area contributed by atoms with Gasteiger partial charge in [-0.05, 0) is 31.0 Å². The number of anilines is 1. The highest BCUT2D eigenvalue weighted by Gasteiger charge is 2.32. The third-order valence-corrected chi connectivity index (χ3v) is 4.57. The van der Waals surface area contributed by atoms with Crippen molar-refractivity contribution in [3.05, 3.63) is 29.8 Å². The molecule has 22 heavy (non-hydrogen) atoms. The van der Waals surface area contributed by atoms with Gasteiger partial charge in [0.1, 0.15) is 0 Å². The lowest BCUT2D eigenvalue weighted by atomic mass is 9.99. The molecule has 7 nitrogen and oxygen atoms in total. The summed E-state index contributed by atoms with van der Waals surface area (Å²) in [5.74, 6) is -3.57. The molecule has 3 unspecified atom stereocenters. The summed E-state index contributed by atoms with van der Waals surface area (Å²) >= 11 is 0. The first-order valence-electron chi connectivity index (χ1n) is 6.79. The highest BCUT2D eigenvalue weighted by Crippen LogP contribution is 2.32. The number of benzene rings is 1. The zero-order valence-electron chi connectivity index (χ0n) is 12.2. The van der Waals surface area contributed by atoms with Gasteiger partial charge in [-0.1, -0.05) is 12.1 Å². The Bertz CT molecular complexity index is 562. The number of nitrogens with one attached hydrogen (secondary N) is 1. The molecule has 0 saturated heterocycles. The summed E-state index contributed by atoms with van der Waals surface area (Å²) in [5, 5.41) is 20.8. The highest BCUT2D eigenvalue weighted by molar-refractivity contribution is 7.39. The second kappa shape index (κ2) is 8.56. The molecule has 0 bridgehead atoms. The molecule has 0 saturated carbocycles. The molecular weight excluding hydrogens is 309 g/mol. The zero-order valence-corrected chi connectivity index (χ0v) is 13.2. The molecule has 0 aliphatic carbocycles. The van der Waals surface area contributed by atoms with Crippen molar-refractivity contribution in [1.29, 1.82) is 0 Å². The van der Waals surface area contributed by atoms with Crippen LogP contribution >= 0.6 is 8.03 Å². The third-order valence-electron chi connectivity index (χ3n) is 3.33. The van der Waals surface area contributed by atoms with Crippen LogP contribution in [-0.4, -0.2) is 39.2 Å². The van der Waals surface area contributed by atoms with Crippen molar-refractivity contribution in [2.45, 2.75) is 25.4 Å². The fourth-order valence-corrected chi connectivity index (χ4v) is 3.09.